The molecule has 0 aromatic rings. The largest absolute Gasteiger partial charge is 2.00 e. The Bertz CT molecular complexity index is 13.5. The van der Waals surface area contributed by atoms with Crippen LogP contribution in [0.1, 0.15) is 2.85 Å². The van der Waals surface area contributed by atoms with Gasteiger partial charge in [-0.2, -0.15) is 0 Å². The Balaban J connectivity index is 0. The first kappa shape index (κ1) is 28.4. The fourth-order valence-electron chi connectivity index (χ4n) is 0. The van der Waals surface area contributed by atoms with Crippen molar-refractivity contribution in [3.63, 3.8) is 0 Å². The summed E-state index contributed by atoms with van der Waals surface area (Å²) in [4.78, 5) is 0. The van der Waals surface area contributed by atoms with E-state index in [9.17, 15) is 0 Å². The van der Waals surface area contributed by atoms with Crippen LogP contribution in [0.2, 0.25) is 0 Å². The molecule has 0 saturated carbocycles. The van der Waals surface area contributed by atoms with Gasteiger partial charge in [-0.25, -0.2) is 0 Å². The summed E-state index contributed by atoms with van der Waals surface area (Å²) in [7, 11) is 0. The van der Waals surface area contributed by atoms with Gasteiger partial charge in [-0.15, -0.1) is 0 Å². The average molecular weight is 252 g/mol. The molecular weight excluding hydrogens is 250 g/mol. The molecule has 20 valence electrons. The predicted octanol–water partition coefficient (Wildman–Crippen LogP) is -0.277. The van der Waals surface area contributed by atoms with Crippen molar-refractivity contribution >= 4 is 37.7 Å². The number of hydrogen-bond acceptors (Lipinski definition) is 0. The Morgan fingerprint density at radius 3 is 1.25 bits per heavy atom. The molecule has 4 heteroatoms. The van der Waals surface area contributed by atoms with Crippen LogP contribution in [0.4, 0.5) is 0 Å². The van der Waals surface area contributed by atoms with E-state index in [1.54, 1.807) is 0 Å². The minimum atomic E-state index is 0. The van der Waals surface area contributed by atoms with Gasteiger partial charge in [0.05, 0.1) is 0 Å². The van der Waals surface area contributed by atoms with Gasteiger partial charge in [0.1, 0.15) is 0 Å². The normalized spacial score (nSPS) is 0. The molecule has 0 aromatic heterocycles. The van der Waals surface area contributed by atoms with Crippen LogP contribution in [0.15, 0.2) is 0 Å². The Morgan fingerprint density at radius 2 is 1.25 bits per heavy atom. The van der Waals surface area contributed by atoms with Crippen LogP contribution in [-0.2, 0) is 22.5 Å². The third-order valence-electron chi connectivity index (χ3n) is 0. The van der Waals surface area contributed by atoms with Crippen LogP contribution >= 0.6 is 0 Å². The van der Waals surface area contributed by atoms with Gasteiger partial charge in [0.25, 0.3) is 0 Å². The Labute approximate surface area is 96.6 Å². The van der Waals surface area contributed by atoms with Gasteiger partial charge in [0.15, 0.2) is 0 Å². The van der Waals surface area contributed by atoms with Crippen LogP contribution in [0.5, 0.6) is 0 Å². The Kier molecular flexibility index (Phi) is 119. The second-order valence-electron chi connectivity index (χ2n) is 0. The zero-order chi connectivity index (χ0) is 0. The molecule has 0 saturated heterocycles. The third-order valence-corrected chi connectivity index (χ3v) is 0. The van der Waals surface area contributed by atoms with Gasteiger partial charge < -0.3 is 8.33 Å². The van der Waals surface area contributed by atoms with Crippen LogP contribution in [-0.4, -0.2) is 37.7 Å². The van der Waals surface area contributed by atoms with E-state index in [4.69, 9.17) is 0 Å². The van der Waals surface area contributed by atoms with Gasteiger partial charge in [0, 0.05) is 35.6 Å². The summed E-state index contributed by atoms with van der Waals surface area (Å²) >= 11 is 0. The molecule has 0 aliphatic rings. The predicted molar refractivity (Wildman–Crippen MR) is 8.66 cm³/mol. The molecule has 0 aliphatic carbocycles. The van der Waals surface area contributed by atoms with Crippen molar-refractivity contribution in [3.8, 4) is 0 Å². The zero-order valence-electron chi connectivity index (χ0n) is 4.07. The van der Waals surface area contributed by atoms with E-state index in [0.29, 0.717) is 0 Å². The summed E-state index contributed by atoms with van der Waals surface area (Å²) in [6.07, 6.45) is 0. The Hall–Kier alpha value is 2.93. The van der Waals surface area contributed by atoms with Gasteiger partial charge in [-0.1, -0.05) is 0 Å². The molecule has 4 heavy (non-hydrogen) atoms. The van der Waals surface area contributed by atoms with Crippen molar-refractivity contribution in [2.45, 2.75) is 0 Å². The summed E-state index contributed by atoms with van der Waals surface area (Å²) in [6, 6.07) is 0. The van der Waals surface area contributed by atoms with Gasteiger partial charge >= 0.3 is 54.8 Å². The van der Waals surface area contributed by atoms with E-state index in [0.717, 1.165) is 0 Å². The first-order valence-electron chi connectivity index (χ1n) is 0. The quantitative estimate of drug-likeness (QED) is 0.531. The van der Waals surface area contributed by atoms with Crippen LogP contribution in [0.3, 0.4) is 0 Å². The number of hydrogen-bond donors (Lipinski definition) is 0. The molecule has 0 fully saturated rings. The molecule has 0 unspecified atom stereocenters. The molecule has 0 heterocycles. The second-order valence-corrected chi connectivity index (χ2v) is 0. The monoisotopic (exact) mass is 252 g/mol. The summed E-state index contributed by atoms with van der Waals surface area (Å²) in [5.41, 5.74) is 0. The molecular formula is H2CaLaMnO. The third kappa shape index (κ3) is 8.87. The van der Waals surface area contributed by atoms with Crippen molar-refractivity contribution in [1.29, 1.82) is 0 Å². The molecule has 0 rings (SSSR count). The molecule has 0 bridgehead atoms. The van der Waals surface area contributed by atoms with E-state index in [1.807, 2.05) is 0 Å². The van der Waals surface area contributed by atoms with Gasteiger partial charge in [0.2, 0.25) is 0 Å². The first-order chi connectivity index (χ1) is 0. The fraction of sp³-hybridized carbons (Fsp3) is 0. The maximum atomic E-state index is 0. The topological polar surface area (TPSA) is 28.5 Å². The molecule has 2 radical (unpaired) electrons. The van der Waals surface area contributed by atoms with E-state index in [-0.39, 0.29) is 98.7 Å². The molecule has 0 N–H and O–H groups in total. The smallest absolute Gasteiger partial charge is 2.00 e. The molecule has 1 nitrogen and oxygen atoms in total. The standard InChI is InChI=1S/Ca.La.Mn.O.2H/q+2;;+2;-2;2*-1. The molecule has 0 atom stereocenters. The van der Waals surface area contributed by atoms with Crippen molar-refractivity contribution in [3.05, 3.63) is 0 Å². The van der Waals surface area contributed by atoms with E-state index in [1.165, 1.54) is 0 Å². The summed E-state index contributed by atoms with van der Waals surface area (Å²) < 4.78 is 0. The van der Waals surface area contributed by atoms with Crippen molar-refractivity contribution in [2.24, 2.45) is 0 Å². The summed E-state index contributed by atoms with van der Waals surface area (Å²) in [5, 5.41) is 0. The number of rotatable bonds is 0. The van der Waals surface area contributed by atoms with E-state index < -0.39 is 0 Å². The van der Waals surface area contributed by atoms with Crippen LogP contribution in [0, 0.1) is 35.6 Å². The van der Waals surface area contributed by atoms with Crippen molar-refractivity contribution in [2.75, 3.05) is 0 Å². The molecule has 0 aliphatic heterocycles. The second kappa shape index (κ2) is 16.8. The summed E-state index contributed by atoms with van der Waals surface area (Å²) in [6.45, 7) is 0. The first-order valence-corrected chi connectivity index (χ1v) is 0. The maximum Gasteiger partial charge on any atom is 2.00 e. The minimum absolute atomic E-state index is 0. The van der Waals surface area contributed by atoms with Crippen LogP contribution < -0.4 is 0 Å². The van der Waals surface area contributed by atoms with Gasteiger partial charge in [-0.3, -0.25) is 0 Å². The minimum Gasteiger partial charge on any atom is -2.00 e. The van der Waals surface area contributed by atoms with Crippen molar-refractivity contribution < 1.29 is 61.0 Å². The molecule has 0 amide bonds. The van der Waals surface area contributed by atoms with E-state index in [2.05, 4.69) is 0 Å². The fourth-order valence-corrected chi connectivity index (χ4v) is 0. The zero-order valence-corrected chi connectivity index (χ0v) is 9.09. The molecule has 0 aromatic carbocycles. The molecule has 0 spiro atoms. The van der Waals surface area contributed by atoms with E-state index >= 15 is 0 Å². The Morgan fingerprint density at radius 1 is 1.25 bits per heavy atom. The average Bonchev–Trinajstić information content (AvgIpc) is 0. The van der Waals surface area contributed by atoms with Gasteiger partial charge in [-0.05, 0) is 0 Å². The summed E-state index contributed by atoms with van der Waals surface area (Å²) in [5.74, 6) is 0. The maximum absolute atomic E-state index is 0. The SMILES string of the molecule is [Ca+2].[H-].[H-].[La].[Mn+2].[O-2]. The van der Waals surface area contributed by atoms with Crippen molar-refractivity contribution in [1.82, 2.24) is 0 Å². The van der Waals surface area contributed by atoms with Crippen LogP contribution in [0.25, 0.3) is 0 Å².